The van der Waals surface area contributed by atoms with Gasteiger partial charge in [-0.25, -0.2) is 0 Å². The van der Waals surface area contributed by atoms with E-state index in [9.17, 15) is 0 Å². The minimum atomic E-state index is 0.617. The van der Waals surface area contributed by atoms with Crippen LogP contribution in [0.1, 0.15) is 43.7 Å². The lowest BCUT2D eigenvalue weighted by molar-refractivity contribution is 0.614. The van der Waals surface area contributed by atoms with Crippen molar-refractivity contribution in [3.8, 4) is 0 Å². The van der Waals surface area contributed by atoms with Crippen molar-refractivity contribution in [2.75, 3.05) is 13.1 Å². The molecule has 1 aromatic carbocycles. The summed E-state index contributed by atoms with van der Waals surface area (Å²) >= 11 is 0. The van der Waals surface area contributed by atoms with E-state index < -0.39 is 0 Å². The fourth-order valence-corrected chi connectivity index (χ4v) is 2.75. The number of nitrogens with zero attached hydrogens (tertiary/aromatic N) is 1. The van der Waals surface area contributed by atoms with Crippen molar-refractivity contribution >= 4 is 5.96 Å². The van der Waals surface area contributed by atoms with E-state index in [1.54, 1.807) is 0 Å². The monoisotopic (exact) mass is 273 g/mol. The molecular formula is C17H27N3. The first-order valence-corrected chi connectivity index (χ1v) is 7.88. The highest BCUT2D eigenvalue weighted by atomic mass is 15.2. The average molecular weight is 273 g/mol. The Morgan fingerprint density at radius 3 is 2.80 bits per heavy atom. The predicted molar refractivity (Wildman–Crippen MR) is 86.3 cm³/mol. The van der Waals surface area contributed by atoms with Crippen LogP contribution in [0.3, 0.4) is 0 Å². The Morgan fingerprint density at radius 2 is 2.10 bits per heavy atom. The zero-order valence-corrected chi connectivity index (χ0v) is 12.8. The minimum absolute atomic E-state index is 0.617. The van der Waals surface area contributed by atoms with Gasteiger partial charge in [-0.3, -0.25) is 4.99 Å². The highest BCUT2D eigenvalue weighted by Gasteiger charge is 2.15. The van der Waals surface area contributed by atoms with Crippen molar-refractivity contribution in [3.63, 3.8) is 0 Å². The van der Waals surface area contributed by atoms with Crippen molar-refractivity contribution < 1.29 is 0 Å². The molecule has 1 aliphatic carbocycles. The molecule has 0 bridgehead atoms. The Balaban J connectivity index is 1.84. The number of rotatable bonds is 5. The van der Waals surface area contributed by atoms with Crippen LogP contribution in [-0.4, -0.2) is 25.1 Å². The van der Waals surface area contributed by atoms with E-state index in [1.165, 1.54) is 36.8 Å². The standard InChI is InChI=1S/C17H27N3/c1-3-18-17(20-16-9-4-5-10-16)19-12-11-15-8-6-7-14(2)13-15/h6-8,13,16H,3-5,9-12H2,1-2H3,(H2,18,19,20). The molecule has 0 heterocycles. The van der Waals surface area contributed by atoms with Crippen molar-refractivity contribution in [2.24, 2.45) is 4.99 Å². The summed E-state index contributed by atoms with van der Waals surface area (Å²) < 4.78 is 0. The average Bonchev–Trinajstić information content (AvgIpc) is 2.92. The lowest BCUT2D eigenvalue weighted by Crippen LogP contribution is -2.42. The third kappa shape index (κ3) is 4.87. The Labute approximate surface area is 122 Å². The fourth-order valence-electron chi connectivity index (χ4n) is 2.75. The van der Waals surface area contributed by atoms with Crippen LogP contribution in [0, 0.1) is 6.92 Å². The second kappa shape index (κ2) is 7.93. The quantitative estimate of drug-likeness (QED) is 0.639. The van der Waals surface area contributed by atoms with Crippen LogP contribution in [0.15, 0.2) is 29.3 Å². The van der Waals surface area contributed by atoms with E-state index in [1.807, 2.05) is 0 Å². The molecule has 1 aromatic rings. The maximum absolute atomic E-state index is 4.70. The number of hydrogen-bond acceptors (Lipinski definition) is 1. The molecule has 0 spiro atoms. The number of benzene rings is 1. The number of nitrogens with one attached hydrogen (secondary N) is 2. The molecule has 2 rings (SSSR count). The Bertz CT molecular complexity index is 434. The predicted octanol–water partition coefficient (Wildman–Crippen LogP) is 3.04. The second-order valence-corrected chi connectivity index (χ2v) is 5.63. The molecule has 2 N–H and O–H groups in total. The first kappa shape index (κ1) is 14.9. The van der Waals surface area contributed by atoms with Crippen LogP contribution in [0.25, 0.3) is 0 Å². The molecule has 1 fully saturated rings. The van der Waals surface area contributed by atoms with Gasteiger partial charge in [0.05, 0.1) is 0 Å². The third-order valence-electron chi connectivity index (χ3n) is 3.79. The summed E-state index contributed by atoms with van der Waals surface area (Å²) in [5.74, 6) is 0.979. The first-order chi connectivity index (χ1) is 9.78. The van der Waals surface area contributed by atoms with Crippen LogP contribution in [-0.2, 0) is 6.42 Å². The van der Waals surface area contributed by atoms with Gasteiger partial charge in [-0.05, 0) is 38.7 Å². The number of hydrogen-bond donors (Lipinski definition) is 2. The molecular weight excluding hydrogens is 246 g/mol. The van der Waals surface area contributed by atoms with Crippen LogP contribution in [0.5, 0.6) is 0 Å². The van der Waals surface area contributed by atoms with Gasteiger partial charge in [-0.2, -0.15) is 0 Å². The smallest absolute Gasteiger partial charge is 0.191 e. The van der Waals surface area contributed by atoms with Gasteiger partial charge in [0.2, 0.25) is 0 Å². The van der Waals surface area contributed by atoms with E-state index in [4.69, 9.17) is 4.99 Å². The molecule has 0 unspecified atom stereocenters. The van der Waals surface area contributed by atoms with Crippen molar-refractivity contribution in [1.82, 2.24) is 10.6 Å². The molecule has 0 saturated heterocycles. The molecule has 3 heteroatoms. The minimum Gasteiger partial charge on any atom is -0.357 e. The maximum Gasteiger partial charge on any atom is 0.191 e. The van der Waals surface area contributed by atoms with Gasteiger partial charge in [0.1, 0.15) is 0 Å². The first-order valence-electron chi connectivity index (χ1n) is 7.88. The fraction of sp³-hybridized carbons (Fsp3) is 0.588. The van der Waals surface area contributed by atoms with Crippen LogP contribution in [0.2, 0.25) is 0 Å². The molecule has 1 aliphatic rings. The Kier molecular flexibility index (Phi) is 5.90. The van der Waals surface area contributed by atoms with Crippen LogP contribution >= 0.6 is 0 Å². The topological polar surface area (TPSA) is 36.4 Å². The molecule has 20 heavy (non-hydrogen) atoms. The van der Waals surface area contributed by atoms with Gasteiger partial charge in [0.15, 0.2) is 5.96 Å². The lowest BCUT2D eigenvalue weighted by atomic mass is 10.1. The van der Waals surface area contributed by atoms with Crippen molar-refractivity contribution in [3.05, 3.63) is 35.4 Å². The van der Waals surface area contributed by atoms with Crippen molar-refractivity contribution in [2.45, 2.75) is 52.0 Å². The summed E-state index contributed by atoms with van der Waals surface area (Å²) in [6.45, 7) is 6.01. The van der Waals surface area contributed by atoms with E-state index >= 15 is 0 Å². The molecule has 3 nitrogen and oxygen atoms in total. The third-order valence-corrected chi connectivity index (χ3v) is 3.79. The molecule has 0 atom stereocenters. The molecule has 1 saturated carbocycles. The molecule has 0 amide bonds. The lowest BCUT2D eigenvalue weighted by Gasteiger charge is -2.16. The van der Waals surface area contributed by atoms with Gasteiger partial charge >= 0.3 is 0 Å². The molecule has 0 aromatic heterocycles. The number of aliphatic imine (C=N–C) groups is 1. The largest absolute Gasteiger partial charge is 0.357 e. The Morgan fingerprint density at radius 1 is 1.30 bits per heavy atom. The summed E-state index contributed by atoms with van der Waals surface area (Å²) in [6, 6.07) is 9.30. The zero-order chi connectivity index (χ0) is 14.2. The molecule has 0 aliphatic heterocycles. The highest BCUT2D eigenvalue weighted by Crippen LogP contribution is 2.17. The highest BCUT2D eigenvalue weighted by molar-refractivity contribution is 5.80. The number of guanidine groups is 1. The normalized spacial score (nSPS) is 16.4. The van der Waals surface area contributed by atoms with Crippen LogP contribution < -0.4 is 10.6 Å². The van der Waals surface area contributed by atoms with Gasteiger partial charge in [0.25, 0.3) is 0 Å². The number of aryl methyl sites for hydroxylation is 1. The summed E-state index contributed by atoms with van der Waals surface area (Å²) in [5, 5.41) is 6.90. The van der Waals surface area contributed by atoms with Gasteiger partial charge < -0.3 is 10.6 Å². The summed E-state index contributed by atoms with van der Waals surface area (Å²) in [7, 11) is 0. The van der Waals surface area contributed by atoms with E-state index in [-0.39, 0.29) is 0 Å². The van der Waals surface area contributed by atoms with E-state index in [0.29, 0.717) is 6.04 Å². The van der Waals surface area contributed by atoms with Crippen molar-refractivity contribution in [1.29, 1.82) is 0 Å². The van der Waals surface area contributed by atoms with Gasteiger partial charge in [-0.1, -0.05) is 42.7 Å². The van der Waals surface area contributed by atoms with Gasteiger partial charge in [0, 0.05) is 19.1 Å². The molecule has 0 radical (unpaired) electrons. The molecule has 110 valence electrons. The summed E-state index contributed by atoms with van der Waals surface area (Å²) in [4.78, 5) is 4.70. The SMILES string of the molecule is CCNC(=NCCc1cccc(C)c1)NC1CCCC1. The second-order valence-electron chi connectivity index (χ2n) is 5.63. The van der Waals surface area contributed by atoms with E-state index in [0.717, 1.165) is 25.5 Å². The van der Waals surface area contributed by atoms with Gasteiger partial charge in [-0.15, -0.1) is 0 Å². The summed E-state index contributed by atoms with van der Waals surface area (Å²) in [6.07, 6.45) is 6.26. The van der Waals surface area contributed by atoms with Crippen LogP contribution in [0.4, 0.5) is 0 Å². The Hall–Kier alpha value is -1.51. The maximum atomic E-state index is 4.70. The summed E-state index contributed by atoms with van der Waals surface area (Å²) in [5.41, 5.74) is 2.69. The van der Waals surface area contributed by atoms with E-state index in [2.05, 4.69) is 48.7 Å². The zero-order valence-electron chi connectivity index (χ0n) is 12.8.